The number of benzene rings is 2. The second kappa shape index (κ2) is 8.02. The molecule has 22 heavy (non-hydrogen) atoms. The standard InChI is InChI=1S/C17H19BrO3S/c1-12-7-9-14(10-8-12)22(21)11-15(19)16(18)17(20)13-5-3-2-4-6-13/h2-10,15-17,19-20H,11H2,1H3/t15-,16+,17+,22?/m0/s1. The van der Waals surface area contributed by atoms with Crippen molar-refractivity contribution >= 4 is 26.7 Å². The zero-order valence-corrected chi connectivity index (χ0v) is 14.6. The van der Waals surface area contributed by atoms with E-state index in [1.165, 1.54) is 0 Å². The van der Waals surface area contributed by atoms with Gasteiger partial charge in [-0.1, -0.05) is 64.0 Å². The Labute approximate surface area is 141 Å². The number of aryl methyl sites for hydroxylation is 1. The molecule has 0 saturated heterocycles. The van der Waals surface area contributed by atoms with E-state index in [0.29, 0.717) is 10.5 Å². The van der Waals surface area contributed by atoms with Crippen molar-refractivity contribution in [2.24, 2.45) is 0 Å². The molecule has 2 N–H and O–H groups in total. The highest BCUT2D eigenvalue weighted by molar-refractivity contribution is 9.09. The number of hydrogen-bond donors (Lipinski definition) is 2. The van der Waals surface area contributed by atoms with E-state index < -0.39 is 27.8 Å². The zero-order chi connectivity index (χ0) is 16.1. The van der Waals surface area contributed by atoms with Crippen molar-refractivity contribution in [3.8, 4) is 0 Å². The molecule has 0 aliphatic heterocycles. The van der Waals surface area contributed by atoms with Crippen LogP contribution in [0.2, 0.25) is 0 Å². The summed E-state index contributed by atoms with van der Waals surface area (Å²) in [4.78, 5) is 0.0999. The maximum atomic E-state index is 12.3. The summed E-state index contributed by atoms with van der Waals surface area (Å²) in [5.41, 5.74) is 1.81. The van der Waals surface area contributed by atoms with E-state index in [2.05, 4.69) is 15.9 Å². The van der Waals surface area contributed by atoms with E-state index in [0.717, 1.165) is 5.56 Å². The van der Waals surface area contributed by atoms with Gasteiger partial charge in [0, 0.05) is 4.90 Å². The maximum absolute atomic E-state index is 12.3. The van der Waals surface area contributed by atoms with Crippen LogP contribution < -0.4 is 0 Å². The Bertz CT molecular complexity index is 616. The van der Waals surface area contributed by atoms with Gasteiger partial charge in [0.15, 0.2) is 0 Å². The second-order valence-electron chi connectivity index (χ2n) is 5.19. The van der Waals surface area contributed by atoms with Gasteiger partial charge in [0.05, 0.1) is 33.6 Å². The lowest BCUT2D eigenvalue weighted by Crippen LogP contribution is -2.31. The predicted octanol–water partition coefficient (Wildman–Crippen LogP) is 2.96. The third-order valence-corrected chi connectivity index (χ3v) is 5.97. The molecule has 2 rings (SSSR count). The molecule has 5 heteroatoms. The largest absolute Gasteiger partial charge is 0.391 e. The van der Waals surface area contributed by atoms with Gasteiger partial charge in [-0.2, -0.15) is 0 Å². The number of aliphatic hydroxyl groups excluding tert-OH is 2. The van der Waals surface area contributed by atoms with Crippen LogP contribution in [0.4, 0.5) is 0 Å². The average Bonchev–Trinajstić information content (AvgIpc) is 2.54. The number of alkyl halides is 1. The summed E-state index contributed by atoms with van der Waals surface area (Å²) >= 11 is 3.32. The van der Waals surface area contributed by atoms with Crippen LogP contribution >= 0.6 is 15.9 Å². The zero-order valence-electron chi connectivity index (χ0n) is 12.2. The van der Waals surface area contributed by atoms with Gasteiger partial charge in [-0.25, -0.2) is 0 Å². The predicted molar refractivity (Wildman–Crippen MR) is 92.6 cm³/mol. The topological polar surface area (TPSA) is 57.5 Å². The van der Waals surface area contributed by atoms with Gasteiger partial charge in [0.25, 0.3) is 0 Å². The SMILES string of the molecule is Cc1ccc(S(=O)C[C@H](O)[C@@H](Br)[C@H](O)c2ccccc2)cc1. The number of aliphatic hydroxyl groups is 2. The fraction of sp³-hybridized carbons (Fsp3) is 0.294. The van der Waals surface area contributed by atoms with Crippen LogP contribution in [0.1, 0.15) is 17.2 Å². The van der Waals surface area contributed by atoms with Gasteiger partial charge in [-0.15, -0.1) is 0 Å². The molecule has 0 saturated carbocycles. The first-order valence-electron chi connectivity index (χ1n) is 6.99. The molecule has 0 spiro atoms. The monoisotopic (exact) mass is 382 g/mol. The van der Waals surface area contributed by atoms with Crippen molar-refractivity contribution in [2.45, 2.75) is 28.9 Å². The van der Waals surface area contributed by atoms with Crippen LogP contribution in [0.5, 0.6) is 0 Å². The minimum atomic E-state index is -1.31. The first-order chi connectivity index (χ1) is 10.5. The molecule has 0 heterocycles. The average molecular weight is 383 g/mol. The molecule has 0 fully saturated rings. The molecule has 0 aliphatic rings. The number of hydrogen-bond acceptors (Lipinski definition) is 3. The van der Waals surface area contributed by atoms with Gasteiger partial charge < -0.3 is 10.2 Å². The van der Waals surface area contributed by atoms with Crippen LogP contribution in [0, 0.1) is 6.92 Å². The fourth-order valence-corrected chi connectivity index (χ4v) is 3.97. The van der Waals surface area contributed by atoms with Crippen LogP contribution in [0.3, 0.4) is 0 Å². The summed E-state index contributed by atoms with van der Waals surface area (Å²) in [5, 5.41) is 20.5. The number of halogens is 1. The molecule has 0 radical (unpaired) electrons. The van der Waals surface area contributed by atoms with E-state index in [1.54, 1.807) is 24.3 Å². The fourth-order valence-electron chi connectivity index (χ4n) is 2.08. The molecular weight excluding hydrogens is 364 g/mol. The highest BCUT2D eigenvalue weighted by atomic mass is 79.9. The van der Waals surface area contributed by atoms with Crippen molar-refractivity contribution in [2.75, 3.05) is 5.75 Å². The molecule has 2 aromatic carbocycles. The van der Waals surface area contributed by atoms with Gasteiger partial charge in [0.2, 0.25) is 0 Å². The van der Waals surface area contributed by atoms with Crippen molar-refractivity contribution in [3.05, 3.63) is 65.7 Å². The summed E-state index contributed by atoms with van der Waals surface area (Å²) in [6.07, 6.45) is -1.77. The van der Waals surface area contributed by atoms with Crippen LogP contribution in [-0.4, -0.2) is 31.1 Å². The highest BCUT2D eigenvalue weighted by Crippen LogP contribution is 2.26. The summed E-state index contributed by atoms with van der Waals surface area (Å²) in [7, 11) is -1.31. The van der Waals surface area contributed by atoms with E-state index >= 15 is 0 Å². The molecule has 4 atom stereocenters. The molecule has 2 aromatic rings. The molecule has 0 bridgehead atoms. The van der Waals surface area contributed by atoms with Gasteiger partial charge >= 0.3 is 0 Å². The first-order valence-corrected chi connectivity index (χ1v) is 9.22. The Morgan fingerprint density at radius 3 is 2.23 bits per heavy atom. The smallest absolute Gasteiger partial charge is 0.0940 e. The van der Waals surface area contributed by atoms with Crippen LogP contribution in [0.15, 0.2) is 59.5 Å². The Hall–Kier alpha value is -1.01. The van der Waals surface area contributed by atoms with Gasteiger partial charge in [-0.05, 0) is 24.6 Å². The summed E-state index contributed by atoms with van der Waals surface area (Å²) in [6, 6.07) is 16.5. The van der Waals surface area contributed by atoms with Gasteiger partial charge in [-0.3, -0.25) is 4.21 Å². The first kappa shape index (κ1) is 17.3. The molecule has 0 amide bonds. The lowest BCUT2D eigenvalue weighted by Gasteiger charge is -2.22. The van der Waals surface area contributed by atoms with Gasteiger partial charge in [0.1, 0.15) is 0 Å². The Kier molecular flexibility index (Phi) is 6.32. The van der Waals surface area contributed by atoms with E-state index in [9.17, 15) is 14.4 Å². The summed E-state index contributed by atoms with van der Waals surface area (Å²) < 4.78 is 12.3. The molecule has 0 aromatic heterocycles. The molecular formula is C17H19BrO3S. The molecule has 118 valence electrons. The minimum Gasteiger partial charge on any atom is -0.391 e. The van der Waals surface area contributed by atoms with E-state index in [4.69, 9.17) is 0 Å². The van der Waals surface area contributed by atoms with Crippen molar-refractivity contribution in [1.82, 2.24) is 0 Å². The Balaban J connectivity index is 2.00. The molecule has 1 unspecified atom stereocenters. The third kappa shape index (κ3) is 4.49. The van der Waals surface area contributed by atoms with E-state index in [1.807, 2.05) is 37.3 Å². The second-order valence-corrected chi connectivity index (χ2v) is 7.75. The third-order valence-electron chi connectivity index (χ3n) is 3.42. The quantitative estimate of drug-likeness (QED) is 0.755. The van der Waals surface area contributed by atoms with Crippen LogP contribution in [0.25, 0.3) is 0 Å². The van der Waals surface area contributed by atoms with Crippen LogP contribution in [-0.2, 0) is 10.8 Å². The lowest BCUT2D eigenvalue weighted by atomic mass is 10.0. The summed E-state index contributed by atoms with van der Waals surface area (Å²) in [5.74, 6) is 0.0723. The normalized spacial score (nSPS) is 16.7. The highest BCUT2D eigenvalue weighted by Gasteiger charge is 2.27. The maximum Gasteiger partial charge on any atom is 0.0940 e. The Morgan fingerprint density at radius 1 is 1.05 bits per heavy atom. The van der Waals surface area contributed by atoms with Crippen molar-refractivity contribution in [3.63, 3.8) is 0 Å². The summed E-state index contributed by atoms with van der Waals surface area (Å²) in [6.45, 7) is 1.96. The number of rotatable bonds is 6. The van der Waals surface area contributed by atoms with Crippen molar-refractivity contribution in [1.29, 1.82) is 0 Å². The van der Waals surface area contributed by atoms with Crippen molar-refractivity contribution < 1.29 is 14.4 Å². The van der Waals surface area contributed by atoms with E-state index in [-0.39, 0.29) is 5.75 Å². The minimum absolute atomic E-state index is 0.0723. The lowest BCUT2D eigenvalue weighted by molar-refractivity contribution is 0.104. The molecule has 0 aliphatic carbocycles. The Morgan fingerprint density at radius 2 is 1.64 bits per heavy atom. The molecule has 3 nitrogen and oxygen atoms in total.